The Hall–Kier alpha value is -1.42. The molecule has 1 aromatic heterocycles. The molecule has 0 spiro atoms. The van der Waals surface area contributed by atoms with Crippen LogP contribution in [0.2, 0.25) is 0 Å². The molecule has 1 unspecified atom stereocenters. The van der Waals surface area contributed by atoms with Crippen molar-refractivity contribution < 1.29 is 9.90 Å². The normalized spacial score (nSPS) is 19.3. The van der Waals surface area contributed by atoms with Gasteiger partial charge in [0, 0.05) is 18.9 Å². The van der Waals surface area contributed by atoms with E-state index < -0.39 is 11.5 Å². The van der Waals surface area contributed by atoms with Gasteiger partial charge in [0.05, 0.1) is 0 Å². The van der Waals surface area contributed by atoms with Crippen molar-refractivity contribution in [3.63, 3.8) is 0 Å². The minimum atomic E-state index is -0.974. The number of carboxylic acid groups (broad SMARTS) is 1. The highest BCUT2D eigenvalue weighted by atomic mass is 16.4. The number of hydrogen-bond donors (Lipinski definition) is 1. The smallest absolute Gasteiger partial charge is 0.328 e. The molecule has 1 aliphatic rings. The van der Waals surface area contributed by atoms with E-state index in [4.69, 9.17) is 0 Å². The molecule has 1 N–H and O–H groups in total. The Kier molecular flexibility index (Phi) is 3.66. The fourth-order valence-electron chi connectivity index (χ4n) is 2.43. The number of nitrogens with zero attached hydrogens (tertiary/aromatic N) is 2. The molecule has 1 aliphatic carbocycles. The Balaban J connectivity index is 2.22. The van der Waals surface area contributed by atoms with Crippen LogP contribution >= 0.6 is 0 Å². The lowest BCUT2D eigenvalue weighted by molar-refractivity contribution is -0.151. The van der Waals surface area contributed by atoms with Gasteiger partial charge in [-0.25, -0.2) is 4.79 Å². The van der Waals surface area contributed by atoms with Crippen LogP contribution in [0.4, 0.5) is 0 Å². The molecule has 0 bridgehead atoms. The van der Waals surface area contributed by atoms with E-state index in [1.54, 1.807) is 31.5 Å². The van der Waals surface area contributed by atoms with Gasteiger partial charge >= 0.3 is 5.97 Å². The van der Waals surface area contributed by atoms with Crippen LogP contribution in [0.15, 0.2) is 24.5 Å². The second-order valence-corrected chi connectivity index (χ2v) is 5.29. The standard InChI is InChI=1S/C14H20N2O2/c1-14(13(17)18,12-6-8-15-9-7-12)16(2)10-11-4-3-5-11/h6-9,11H,3-5,10H2,1-2H3,(H,17,18). The zero-order valence-corrected chi connectivity index (χ0v) is 11.0. The molecule has 0 radical (unpaired) electrons. The fourth-order valence-corrected chi connectivity index (χ4v) is 2.43. The van der Waals surface area contributed by atoms with Gasteiger partial charge in [0.2, 0.25) is 0 Å². The Bertz CT molecular complexity index is 417. The molecule has 1 aromatic rings. The maximum absolute atomic E-state index is 11.7. The quantitative estimate of drug-likeness (QED) is 0.867. The highest BCUT2D eigenvalue weighted by molar-refractivity contribution is 5.80. The number of carbonyl (C=O) groups is 1. The second-order valence-electron chi connectivity index (χ2n) is 5.29. The SMILES string of the molecule is CN(CC1CCC1)C(C)(C(=O)O)c1ccncc1. The molecule has 2 rings (SSSR count). The third-order valence-corrected chi connectivity index (χ3v) is 4.18. The Morgan fingerprint density at radius 2 is 2.11 bits per heavy atom. The molecule has 98 valence electrons. The number of rotatable bonds is 5. The van der Waals surface area contributed by atoms with Crippen LogP contribution in [0.25, 0.3) is 0 Å². The molecule has 18 heavy (non-hydrogen) atoms. The van der Waals surface area contributed by atoms with Crippen molar-refractivity contribution in [2.75, 3.05) is 13.6 Å². The van der Waals surface area contributed by atoms with Crippen molar-refractivity contribution in [3.05, 3.63) is 30.1 Å². The first kappa shape index (κ1) is 13.0. The maximum Gasteiger partial charge on any atom is 0.328 e. The molecule has 0 aromatic carbocycles. The number of hydrogen-bond acceptors (Lipinski definition) is 3. The molecule has 4 nitrogen and oxygen atoms in total. The lowest BCUT2D eigenvalue weighted by Gasteiger charge is -2.39. The van der Waals surface area contributed by atoms with Gasteiger partial charge in [-0.05, 0) is 50.4 Å². The average molecular weight is 248 g/mol. The Labute approximate surface area is 108 Å². The zero-order chi connectivity index (χ0) is 13.2. The minimum absolute atomic E-state index is 0.649. The summed E-state index contributed by atoms with van der Waals surface area (Å²) in [6.07, 6.45) is 7.01. The summed E-state index contributed by atoms with van der Waals surface area (Å²) in [6, 6.07) is 3.57. The minimum Gasteiger partial charge on any atom is -0.480 e. The summed E-state index contributed by atoms with van der Waals surface area (Å²) in [5.41, 5.74) is -0.190. The monoisotopic (exact) mass is 248 g/mol. The molecule has 0 saturated heterocycles. The molecule has 0 aliphatic heterocycles. The van der Waals surface area contributed by atoms with Crippen molar-refractivity contribution in [2.24, 2.45) is 5.92 Å². The van der Waals surface area contributed by atoms with E-state index in [1.165, 1.54) is 19.3 Å². The van der Waals surface area contributed by atoms with Gasteiger partial charge in [0.15, 0.2) is 0 Å². The molecular formula is C14H20N2O2. The summed E-state index contributed by atoms with van der Waals surface area (Å²) < 4.78 is 0. The highest BCUT2D eigenvalue weighted by Gasteiger charge is 2.40. The third-order valence-electron chi connectivity index (χ3n) is 4.18. The largest absolute Gasteiger partial charge is 0.480 e. The van der Waals surface area contributed by atoms with E-state index in [0.717, 1.165) is 12.1 Å². The van der Waals surface area contributed by atoms with Gasteiger partial charge in [-0.2, -0.15) is 0 Å². The molecule has 1 fully saturated rings. The number of carboxylic acids is 1. The number of aliphatic carboxylic acids is 1. The van der Waals surface area contributed by atoms with Crippen molar-refractivity contribution in [3.8, 4) is 0 Å². The van der Waals surface area contributed by atoms with E-state index in [0.29, 0.717) is 5.92 Å². The van der Waals surface area contributed by atoms with Crippen molar-refractivity contribution >= 4 is 5.97 Å². The first-order valence-corrected chi connectivity index (χ1v) is 6.40. The number of likely N-dealkylation sites (N-methyl/N-ethyl adjacent to an activating group) is 1. The summed E-state index contributed by atoms with van der Waals surface area (Å²) in [5.74, 6) is -0.161. The fraction of sp³-hybridized carbons (Fsp3) is 0.571. The van der Waals surface area contributed by atoms with Crippen LogP contribution in [-0.2, 0) is 10.3 Å². The Morgan fingerprint density at radius 1 is 1.50 bits per heavy atom. The van der Waals surface area contributed by atoms with Crippen LogP contribution < -0.4 is 0 Å². The van der Waals surface area contributed by atoms with Crippen molar-refractivity contribution in [1.29, 1.82) is 0 Å². The maximum atomic E-state index is 11.7. The summed E-state index contributed by atoms with van der Waals surface area (Å²) >= 11 is 0. The number of aromatic nitrogens is 1. The summed E-state index contributed by atoms with van der Waals surface area (Å²) in [4.78, 5) is 17.6. The molecule has 0 amide bonds. The van der Waals surface area contributed by atoms with E-state index in [9.17, 15) is 9.90 Å². The van der Waals surface area contributed by atoms with E-state index in [-0.39, 0.29) is 0 Å². The highest BCUT2D eigenvalue weighted by Crippen LogP contribution is 2.32. The lowest BCUT2D eigenvalue weighted by atomic mass is 9.83. The molecule has 1 saturated carbocycles. The molecule has 1 atom stereocenters. The topological polar surface area (TPSA) is 53.4 Å². The second kappa shape index (κ2) is 5.06. The lowest BCUT2D eigenvalue weighted by Crippen LogP contribution is -2.50. The van der Waals surface area contributed by atoms with E-state index >= 15 is 0 Å². The average Bonchev–Trinajstić information content (AvgIpc) is 2.33. The molecular weight excluding hydrogens is 228 g/mol. The molecule has 4 heteroatoms. The van der Waals surface area contributed by atoms with Gasteiger partial charge in [0.25, 0.3) is 0 Å². The van der Waals surface area contributed by atoms with Crippen molar-refractivity contribution in [1.82, 2.24) is 9.88 Å². The number of pyridine rings is 1. The summed E-state index contributed by atoms with van der Waals surface area (Å²) in [6.45, 7) is 2.61. The first-order chi connectivity index (χ1) is 8.55. The summed E-state index contributed by atoms with van der Waals surface area (Å²) in [5, 5.41) is 9.60. The van der Waals surface area contributed by atoms with Crippen LogP contribution in [-0.4, -0.2) is 34.6 Å². The third kappa shape index (κ3) is 2.25. The van der Waals surface area contributed by atoms with Crippen molar-refractivity contribution in [2.45, 2.75) is 31.7 Å². The van der Waals surface area contributed by atoms with Crippen LogP contribution in [0.1, 0.15) is 31.7 Å². The van der Waals surface area contributed by atoms with E-state index in [2.05, 4.69) is 4.98 Å². The first-order valence-electron chi connectivity index (χ1n) is 6.40. The Morgan fingerprint density at radius 3 is 2.56 bits per heavy atom. The van der Waals surface area contributed by atoms with Gasteiger partial charge < -0.3 is 5.11 Å². The predicted octanol–water partition coefficient (Wildman–Crippen LogP) is 2.11. The van der Waals surface area contributed by atoms with Crippen LogP contribution in [0, 0.1) is 5.92 Å². The van der Waals surface area contributed by atoms with E-state index in [1.807, 2.05) is 11.9 Å². The van der Waals surface area contributed by atoms with Crippen LogP contribution in [0.3, 0.4) is 0 Å². The van der Waals surface area contributed by atoms with Gasteiger partial charge in [-0.1, -0.05) is 6.42 Å². The predicted molar refractivity (Wildman–Crippen MR) is 69.2 cm³/mol. The summed E-state index contributed by atoms with van der Waals surface area (Å²) in [7, 11) is 1.90. The zero-order valence-electron chi connectivity index (χ0n) is 11.0. The van der Waals surface area contributed by atoms with Gasteiger partial charge in [-0.3, -0.25) is 9.88 Å². The van der Waals surface area contributed by atoms with Crippen LogP contribution in [0.5, 0.6) is 0 Å². The molecule has 1 heterocycles. The van der Waals surface area contributed by atoms with Gasteiger partial charge in [-0.15, -0.1) is 0 Å². The van der Waals surface area contributed by atoms with Gasteiger partial charge in [0.1, 0.15) is 5.54 Å².